The van der Waals surface area contributed by atoms with E-state index < -0.39 is 88.8 Å². The molecule has 3 aromatic carbocycles. The highest BCUT2D eigenvalue weighted by molar-refractivity contribution is 6.24. The third-order valence-corrected chi connectivity index (χ3v) is 11.7. The molecule has 9 unspecified atom stereocenters. The van der Waals surface area contributed by atoms with Crippen LogP contribution in [0, 0.1) is 30.6 Å². The van der Waals surface area contributed by atoms with E-state index in [-0.39, 0.29) is 44.5 Å². The number of anilines is 2. The molecule has 0 radical (unpaired) electrons. The molecule has 0 saturated heterocycles. The van der Waals surface area contributed by atoms with Gasteiger partial charge in [0.05, 0.1) is 52.5 Å². The normalized spacial score (nSPS) is 29.4. The summed E-state index contributed by atoms with van der Waals surface area (Å²) in [6, 6.07) is 7.12. The number of phenolic OH excluding ortho intramolecular Hbond substituents is 3. The van der Waals surface area contributed by atoms with Crippen molar-refractivity contribution in [2.45, 2.75) is 85.6 Å². The van der Waals surface area contributed by atoms with Crippen LogP contribution in [-0.4, -0.2) is 101 Å². The van der Waals surface area contributed by atoms with Gasteiger partial charge in [-0.1, -0.05) is 45.9 Å². The second-order valence-electron chi connectivity index (χ2n) is 16.3. The lowest BCUT2D eigenvalue weighted by Crippen LogP contribution is -2.46. The minimum absolute atomic E-state index is 0.0407. The molecular weight excluding hydrogens is 787 g/mol. The molecule has 0 saturated carbocycles. The van der Waals surface area contributed by atoms with E-state index in [2.05, 4.69) is 10.3 Å². The highest BCUT2D eigenvalue weighted by Gasteiger charge is 2.50. The Bertz CT molecular complexity index is 2300. The first kappa shape index (κ1) is 46.2. The summed E-state index contributed by atoms with van der Waals surface area (Å²) < 4.78 is 23.6. The van der Waals surface area contributed by atoms with E-state index in [0.717, 1.165) is 5.69 Å². The zero-order valence-electron chi connectivity index (χ0n) is 36.4. The Morgan fingerprint density at radius 2 is 1.57 bits per heavy atom. The minimum atomic E-state index is -2.06. The number of nitrogens with one attached hydrogen (secondary N) is 1. The van der Waals surface area contributed by atoms with Crippen LogP contribution in [0.3, 0.4) is 0 Å². The van der Waals surface area contributed by atoms with E-state index in [1.165, 1.54) is 59.4 Å². The summed E-state index contributed by atoms with van der Waals surface area (Å²) in [6.45, 7) is 12.5. The van der Waals surface area contributed by atoms with E-state index in [1.807, 2.05) is 31.1 Å². The number of hydrogen-bond acceptors (Lipinski definition) is 14. The standard InChI is InChI=1S/C46H57N3O12/c1-22-13-12-14-23(2)45(57)48-36-31(21-47-29-15-17-30(18-16-29)49(9)10)40(54)33-34(41(36)55)39(53)27(6)43-35(33)44(56)46(8,61-43)59-20-19-32(58-11)24(3)42(60-28(7)50)26(5)38(52)25(4)37(22)51/h12-22,24-26,32,37-38,42,51-55H,1-11H3,(H,48,57)/b13-12+,20-19+,23-14+,47-21?. The lowest BCUT2D eigenvalue weighted by Gasteiger charge is -2.38. The second kappa shape index (κ2) is 18.4. The van der Waals surface area contributed by atoms with E-state index >= 15 is 0 Å². The van der Waals surface area contributed by atoms with Crippen molar-refractivity contribution in [1.82, 2.24) is 0 Å². The number of aromatic hydroxyl groups is 3. The van der Waals surface area contributed by atoms with Crippen molar-refractivity contribution >= 4 is 51.7 Å². The van der Waals surface area contributed by atoms with E-state index in [0.29, 0.717) is 5.69 Å². The molecule has 0 aromatic heterocycles. The molecule has 15 nitrogen and oxygen atoms in total. The minimum Gasteiger partial charge on any atom is -0.507 e. The molecule has 61 heavy (non-hydrogen) atoms. The van der Waals surface area contributed by atoms with Gasteiger partial charge < -0.3 is 54.7 Å². The molecule has 1 amide bonds. The van der Waals surface area contributed by atoms with Gasteiger partial charge in [-0.25, -0.2) is 0 Å². The number of Topliss-reactive ketones (excluding diaryl/α,β-unsaturated/α-hetero) is 1. The molecule has 0 fully saturated rings. The van der Waals surface area contributed by atoms with E-state index in [4.69, 9.17) is 18.9 Å². The molecule has 3 aliphatic rings. The van der Waals surface area contributed by atoms with E-state index in [1.54, 1.807) is 52.0 Å². The number of aliphatic hydroxyl groups is 2. The number of carbonyl (C=O) groups excluding carboxylic acids is 3. The summed E-state index contributed by atoms with van der Waals surface area (Å²) in [4.78, 5) is 47.0. The third-order valence-electron chi connectivity index (χ3n) is 11.7. The first-order valence-corrected chi connectivity index (χ1v) is 20.0. The largest absolute Gasteiger partial charge is 0.507 e. The lowest BCUT2D eigenvalue weighted by atomic mass is 9.78. The number of methoxy groups -OCH3 is 1. The van der Waals surface area contributed by atoms with Gasteiger partial charge in [-0.15, -0.1) is 0 Å². The predicted octanol–water partition coefficient (Wildman–Crippen LogP) is 6.57. The molecule has 328 valence electrons. The summed E-state index contributed by atoms with van der Waals surface area (Å²) in [6.07, 6.45) is 4.72. The highest BCUT2D eigenvalue weighted by Crippen LogP contribution is 2.55. The maximum Gasteiger partial charge on any atom is 0.312 e. The third kappa shape index (κ3) is 9.09. The molecular formula is C46H57N3O12. The highest BCUT2D eigenvalue weighted by atomic mass is 16.7. The van der Waals surface area contributed by atoms with Crippen LogP contribution in [-0.2, 0) is 23.8 Å². The molecule has 0 spiro atoms. The van der Waals surface area contributed by atoms with Gasteiger partial charge in [-0.05, 0) is 44.2 Å². The number of amides is 1. The van der Waals surface area contributed by atoms with Crippen molar-refractivity contribution in [2.75, 3.05) is 31.4 Å². The zero-order valence-corrected chi connectivity index (χ0v) is 36.4. The number of rotatable bonds is 5. The molecule has 5 bridgehead atoms. The van der Waals surface area contributed by atoms with Crippen molar-refractivity contribution in [1.29, 1.82) is 0 Å². The predicted molar refractivity (Wildman–Crippen MR) is 232 cm³/mol. The van der Waals surface area contributed by atoms with Gasteiger partial charge in [0.25, 0.3) is 11.7 Å². The van der Waals surface area contributed by atoms with Gasteiger partial charge >= 0.3 is 11.8 Å². The second-order valence-corrected chi connectivity index (χ2v) is 16.3. The van der Waals surface area contributed by atoms with E-state index in [9.17, 15) is 39.9 Å². The van der Waals surface area contributed by atoms with Crippen LogP contribution in [0.1, 0.15) is 70.0 Å². The fourth-order valence-corrected chi connectivity index (χ4v) is 7.85. The molecule has 0 aliphatic carbocycles. The van der Waals surface area contributed by atoms with Gasteiger partial charge in [-0.2, -0.15) is 0 Å². The number of ketones is 1. The molecule has 6 N–H and O–H groups in total. The van der Waals surface area contributed by atoms with Crippen LogP contribution in [0.2, 0.25) is 0 Å². The average molecular weight is 844 g/mol. The van der Waals surface area contributed by atoms with Crippen molar-refractivity contribution in [3.63, 3.8) is 0 Å². The van der Waals surface area contributed by atoms with Gasteiger partial charge in [0, 0.05) is 87.1 Å². The van der Waals surface area contributed by atoms with Crippen LogP contribution in [0.4, 0.5) is 17.1 Å². The Morgan fingerprint density at radius 3 is 2.18 bits per heavy atom. The number of hydrogen-bond donors (Lipinski definition) is 6. The number of esters is 1. The maximum atomic E-state index is 14.5. The summed E-state index contributed by atoms with van der Waals surface area (Å²) in [5, 5.41) is 60.6. The average Bonchev–Trinajstić information content (AvgIpc) is 3.49. The number of nitrogens with zero attached hydrogens (tertiary/aromatic N) is 2. The molecule has 15 heteroatoms. The Balaban J connectivity index is 1.73. The summed E-state index contributed by atoms with van der Waals surface area (Å²) in [5.41, 5.74) is 0.874. The quantitative estimate of drug-likeness (QED) is 0.0694. The smallest absolute Gasteiger partial charge is 0.312 e. The molecule has 9 atom stereocenters. The zero-order chi connectivity index (χ0) is 45.2. The first-order valence-electron chi connectivity index (χ1n) is 20.0. The summed E-state index contributed by atoms with van der Waals surface area (Å²) >= 11 is 0. The Hall–Kier alpha value is -5.90. The summed E-state index contributed by atoms with van der Waals surface area (Å²) in [7, 11) is 5.20. The van der Waals surface area contributed by atoms with Gasteiger partial charge in [-0.3, -0.25) is 19.4 Å². The number of benzene rings is 3. The Labute approximate surface area is 355 Å². The van der Waals surface area contributed by atoms with Gasteiger partial charge in [0.1, 0.15) is 23.4 Å². The van der Waals surface area contributed by atoms with Crippen molar-refractivity contribution in [3.05, 3.63) is 77.1 Å². The van der Waals surface area contributed by atoms with Crippen LogP contribution >= 0.6 is 0 Å². The van der Waals surface area contributed by atoms with Crippen molar-refractivity contribution < 1.29 is 58.9 Å². The van der Waals surface area contributed by atoms with Crippen molar-refractivity contribution in [2.24, 2.45) is 28.7 Å². The Kier molecular flexibility index (Phi) is 13.9. The fraction of sp³-hybridized carbons (Fsp3) is 0.435. The van der Waals surface area contributed by atoms with Crippen molar-refractivity contribution in [3.8, 4) is 23.0 Å². The topological polar surface area (TPSA) is 217 Å². The molecule has 3 aromatic rings. The Morgan fingerprint density at radius 1 is 0.918 bits per heavy atom. The molecule has 3 heterocycles. The number of aliphatic imine (C=N–C) groups is 1. The van der Waals surface area contributed by atoms with Crippen LogP contribution in [0.25, 0.3) is 10.8 Å². The number of fused-ring (bicyclic) bond motifs is 14. The monoisotopic (exact) mass is 843 g/mol. The number of ether oxygens (including phenoxy) is 4. The molecule has 3 aliphatic heterocycles. The maximum absolute atomic E-state index is 14.5. The number of allylic oxidation sites excluding steroid dienone is 2. The SMILES string of the molecule is COC1/C=C/OC2(C)Oc3c(C)c(O)c4c(O)c(c(C=Nc5ccc(N(C)C)cc5)c(O)c4c3C2=O)NC(=O)/C(C)=C/C=C/C(C)C(O)C(C)C(O)C(C)C(OC(C)=O)C1C. The van der Waals surface area contributed by atoms with Crippen LogP contribution < -0.4 is 15.0 Å². The number of phenols is 3. The molecule has 6 rings (SSSR count). The van der Waals surface area contributed by atoms with Crippen LogP contribution in [0.15, 0.2) is 65.4 Å². The summed E-state index contributed by atoms with van der Waals surface area (Å²) in [5.74, 6) is -8.55. The number of aliphatic hydroxyl groups excluding tert-OH is 2. The van der Waals surface area contributed by atoms with Gasteiger partial charge in [0.2, 0.25) is 0 Å². The van der Waals surface area contributed by atoms with Gasteiger partial charge in [0.15, 0.2) is 5.75 Å². The first-order chi connectivity index (χ1) is 28.6. The lowest BCUT2D eigenvalue weighted by molar-refractivity contribution is -0.160. The van der Waals surface area contributed by atoms with Crippen LogP contribution in [0.5, 0.6) is 23.0 Å². The number of carbonyl (C=O) groups is 3. The fourth-order valence-electron chi connectivity index (χ4n) is 7.85.